The SMILES string of the molecule is COC(=O)[C@]1(C)CN(C(=O)N[C@@H]2CC[S@](=O)C2)C[C@H]1C. The van der Waals surface area contributed by atoms with Gasteiger partial charge in [-0.05, 0) is 19.3 Å². The maximum absolute atomic E-state index is 12.2. The molecule has 20 heavy (non-hydrogen) atoms. The van der Waals surface area contributed by atoms with Crippen molar-refractivity contribution in [2.24, 2.45) is 11.3 Å². The molecule has 2 amide bonds. The molecule has 0 unspecified atom stereocenters. The number of ether oxygens (including phenoxy) is 1. The normalized spacial score (nSPS) is 37.0. The average Bonchev–Trinajstić information content (AvgIpc) is 2.94. The number of methoxy groups -OCH3 is 1. The van der Waals surface area contributed by atoms with Crippen molar-refractivity contribution in [3.63, 3.8) is 0 Å². The summed E-state index contributed by atoms with van der Waals surface area (Å²) in [6.07, 6.45) is 0.760. The molecule has 0 radical (unpaired) electrons. The Hall–Kier alpha value is -1.11. The number of likely N-dealkylation sites (tertiary alicyclic amines) is 1. The van der Waals surface area contributed by atoms with E-state index in [1.807, 2.05) is 13.8 Å². The van der Waals surface area contributed by atoms with Gasteiger partial charge in [0.1, 0.15) is 0 Å². The van der Waals surface area contributed by atoms with Crippen molar-refractivity contribution in [3.05, 3.63) is 0 Å². The third-order valence-electron chi connectivity index (χ3n) is 4.45. The second kappa shape index (κ2) is 5.71. The molecule has 2 aliphatic rings. The number of nitrogens with one attached hydrogen (secondary N) is 1. The molecule has 0 bridgehead atoms. The Morgan fingerprint density at radius 1 is 1.45 bits per heavy atom. The molecule has 114 valence electrons. The molecule has 1 N–H and O–H groups in total. The smallest absolute Gasteiger partial charge is 0.317 e. The summed E-state index contributed by atoms with van der Waals surface area (Å²) in [4.78, 5) is 25.8. The van der Waals surface area contributed by atoms with Crippen LogP contribution in [0.15, 0.2) is 0 Å². The van der Waals surface area contributed by atoms with E-state index in [-0.39, 0.29) is 24.0 Å². The molecule has 2 aliphatic heterocycles. The molecule has 2 saturated heterocycles. The van der Waals surface area contributed by atoms with Gasteiger partial charge in [0.05, 0.1) is 12.5 Å². The van der Waals surface area contributed by atoms with Crippen molar-refractivity contribution in [1.29, 1.82) is 0 Å². The quantitative estimate of drug-likeness (QED) is 0.747. The van der Waals surface area contributed by atoms with Gasteiger partial charge in [-0.25, -0.2) is 4.79 Å². The predicted molar refractivity (Wildman–Crippen MR) is 75.7 cm³/mol. The Balaban J connectivity index is 1.96. The van der Waals surface area contributed by atoms with Crippen molar-refractivity contribution >= 4 is 22.8 Å². The second-order valence-corrected chi connectivity index (χ2v) is 7.56. The molecule has 2 heterocycles. The first kappa shape index (κ1) is 15.3. The molecule has 0 saturated carbocycles. The summed E-state index contributed by atoms with van der Waals surface area (Å²) >= 11 is 0. The van der Waals surface area contributed by atoms with Gasteiger partial charge in [-0.3, -0.25) is 9.00 Å². The summed E-state index contributed by atoms with van der Waals surface area (Å²) in [7, 11) is 0.563. The molecule has 0 aromatic rings. The molecule has 2 fully saturated rings. The first-order chi connectivity index (χ1) is 9.36. The van der Waals surface area contributed by atoms with Crippen LogP contribution in [0.3, 0.4) is 0 Å². The highest BCUT2D eigenvalue weighted by atomic mass is 32.2. The van der Waals surface area contributed by atoms with Crippen LogP contribution in [-0.2, 0) is 20.3 Å². The number of amides is 2. The van der Waals surface area contributed by atoms with Gasteiger partial charge in [0.15, 0.2) is 0 Å². The Morgan fingerprint density at radius 2 is 2.15 bits per heavy atom. The summed E-state index contributed by atoms with van der Waals surface area (Å²) in [6, 6.07) is -0.183. The number of nitrogens with zero attached hydrogens (tertiary/aromatic N) is 1. The molecule has 4 atom stereocenters. The van der Waals surface area contributed by atoms with Crippen LogP contribution in [-0.4, -0.2) is 58.9 Å². The highest BCUT2D eigenvalue weighted by molar-refractivity contribution is 7.85. The van der Waals surface area contributed by atoms with E-state index in [2.05, 4.69) is 5.32 Å². The summed E-state index contributed by atoms with van der Waals surface area (Å²) in [5.41, 5.74) is -0.648. The van der Waals surface area contributed by atoms with Crippen molar-refractivity contribution in [2.75, 3.05) is 31.7 Å². The van der Waals surface area contributed by atoms with E-state index in [9.17, 15) is 13.8 Å². The number of carbonyl (C=O) groups is 2. The van der Waals surface area contributed by atoms with Crippen LogP contribution in [0.5, 0.6) is 0 Å². The molecule has 0 aromatic carbocycles. The third-order valence-corrected chi connectivity index (χ3v) is 5.91. The lowest BCUT2D eigenvalue weighted by atomic mass is 9.81. The highest BCUT2D eigenvalue weighted by Crippen LogP contribution is 2.36. The largest absolute Gasteiger partial charge is 0.469 e. The monoisotopic (exact) mass is 302 g/mol. The lowest BCUT2D eigenvalue weighted by Crippen LogP contribution is -2.45. The zero-order valence-corrected chi connectivity index (χ0v) is 13.0. The van der Waals surface area contributed by atoms with Crippen LogP contribution in [0.4, 0.5) is 4.79 Å². The van der Waals surface area contributed by atoms with Gasteiger partial charge in [0, 0.05) is 41.4 Å². The summed E-state index contributed by atoms with van der Waals surface area (Å²) in [5.74, 6) is 0.964. The third kappa shape index (κ3) is 2.82. The Labute approximate surface area is 121 Å². The zero-order chi connectivity index (χ0) is 14.9. The van der Waals surface area contributed by atoms with E-state index in [0.717, 1.165) is 6.42 Å². The Morgan fingerprint density at radius 3 is 2.70 bits per heavy atom. The van der Waals surface area contributed by atoms with E-state index in [1.54, 1.807) is 4.90 Å². The number of carbonyl (C=O) groups excluding carboxylic acids is 2. The van der Waals surface area contributed by atoms with E-state index in [4.69, 9.17) is 4.74 Å². The molecule has 7 heteroatoms. The number of rotatable bonds is 2. The minimum Gasteiger partial charge on any atom is -0.469 e. The molecule has 2 rings (SSSR count). The number of hydrogen-bond acceptors (Lipinski definition) is 4. The van der Waals surface area contributed by atoms with Crippen molar-refractivity contribution in [2.45, 2.75) is 26.3 Å². The fourth-order valence-corrected chi connectivity index (χ4v) is 4.26. The fourth-order valence-electron chi connectivity index (χ4n) is 2.85. The predicted octanol–water partition coefficient (Wildman–Crippen LogP) is 0.348. The zero-order valence-electron chi connectivity index (χ0n) is 12.2. The van der Waals surface area contributed by atoms with Crippen LogP contribution >= 0.6 is 0 Å². The topological polar surface area (TPSA) is 75.7 Å². The standard InChI is InChI=1S/C13H22N2O4S/c1-9-6-15(8-13(9,2)11(16)19-3)12(17)14-10-4-5-20(18)7-10/h9-10H,4-8H2,1-3H3,(H,14,17)/t9-,10-,13-,20+/m1/s1. The van der Waals surface area contributed by atoms with Gasteiger partial charge in [-0.2, -0.15) is 0 Å². The first-order valence-corrected chi connectivity index (χ1v) is 8.34. The van der Waals surface area contributed by atoms with E-state index in [1.165, 1.54) is 7.11 Å². The van der Waals surface area contributed by atoms with Crippen LogP contribution in [0, 0.1) is 11.3 Å². The number of urea groups is 1. The molecular formula is C13H22N2O4S. The lowest BCUT2D eigenvalue weighted by molar-refractivity contribution is -0.152. The van der Waals surface area contributed by atoms with E-state index < -0.39 is 16.2 Å². The van der Waals surface area contributed by atoms with Gasteiger partial charge in [-0.1, -0.05) is 6.92 Å². The van der Waals surface area contributed by atoms with Crippen molar-refractivity contribution in [1.82, 2.24) is 10.2 Å². The molecular weight excluding hydrogens is 280 g/mol. The van der Waals surface area contributed by atoms with Crippen molar-refractivity contribution in [3.8, 4) is 0 Å². The van der Waals surface area contributed by atoms with Crippen LogP contribution in [0.25, 0.3) is 0 Å². The van der Waals surface area contributed by atoms with Crippen LogP contribution < -0.4 is 5.32 Å². The van der Waals surface area contributed by atoms with Gasteiger partial charge in [0.25, 0.3) is 0 Å². The van der Waals surface area contributed by atoms with Gasteiger partial charge >= 0.3 is 12.0 Å². The van der Waals surface area contributed by atoms with Crippen molar-refractivity contribution < 1.29 is 18.5 Å². The number of hydrogen-bond donors (Lipinski definition) is 1. The maximum atomic E-state index is 12.2. The molecule has 6 nitrogen and oxygen atoms in total. The molecule has 0 aromatic heterocycles. The second-order valence-electron chi connectivity index (χ2n) is 5.94. The Bertz CT molecular complexity index is 442. The van der Waals surface area contributed by atoms with Crippen LogP contribution in [0.1, 0.15) is 20.3 Å². The maximum Gasteiger partial charge on any atom is 0.317 e. The first-order valence-electron chi connectivity index (χ1n) is 6.85. The summed E-state index contributed by atoms with van der Waals surface area (Å²) in [6.45, 7) is 4.69. The van der Waals surface area contributed by atoms with E-state index >= 15 is 0 Å². The molecule has 0 aliphatic carbocycles. The Kier molecular flexibility index (Phi) is 4.36. The molecule has 0 spiro atoms. The summed E-state index contributed by atoms with van der Waals surface area (Å²) < 4.78 is 16.2. The minimum absolute atomic E-state index is 0.0105. The van der Waals surface area contributed by atoms with Gasteiger partial charge < -0.3 is 15.0 Å². The van der Waals surface area contributed by atoms with Gasteiger partial charge in [-0.15, -0.1) is 0 Å². The highest BCUT2D eigenvalue weighted by Gasteiger charge is 2.48. The lowest BCUT2D eigenvalue weighted by Gasteiger charge is -2.25. The summed E-state index contributed by atoms with van der Waals surface area (Å²) in [5, 5.41) is 2.91. The average molecular weight is 302 g/mol. The minimum atomic E-state index is -0.809. The fraction of sp³-hybridized carbons (Fsp3) is 0.846. The van der Waals surface area contributed by atoms with Crippen LogP contribution in [0.2, 0.25) is 0 Å². The number of esters is 1. The van der Waals surface area contributed by atoms with Gasteiger partial charge in [0.2, 0.25) is 0 Å². The van der Waals surface area contributed by atoms with E-state index in [0.29, 0.717) is 24.6 Å².